The van der Waals surface area contributed by atoms with Crippen LogP contribution in [-0.2, 0) is 4.79 Å². The molecular formula is C12H7F2NO4. The summed E-state index contributed by atoms with van der Waals surface area (Å²) in [6.45, 7) is -3.13. The van der Waals surface area contributed by atoms with Crippen LogP contribution >= 0.6 is 0 Å². The first-order valence-electron chi connectivity index (χ1n) is 4.87. The van der Waals surface area contributed by atoms with Gasteiger partial charge in [-0.25, -0.2) is 4.79 Å². The normalized spacial score (nSPS) is 10.4. The van der Waals surface area contributed by atoms with Crippen molar-refractivity contribution in [1.82, 2.24) is 0 Å². The summed E-state index contributed by atoms with van der Waals surface area (Å²) in [7, 11) is 0. The van der Waals surface area contributed by atoms with E-state index in [0.29, 0.717) is 6.29 Å². The smallest absolute Gasteiger partial charge is 0.387 e. The minimum atomic E-state index is -3.13. The van der Waals surface area contributed by atoms with E-state index in [4.69, 9.17) is 10.4 Å². The second-order valence-electron chi connectivity index (χ2n) is 3.26. The highest BCUT2D eigenvalue weighted by Crippen LogP contribution is 2.25. The maximum Gasteiger partial charge on any atom is 0.387 e. The Bertz CT molecular complexity index is 576. The molecule has 0 aliphatic rings. The Morgan fingerprint density at radius 2 is 2.11 bits per heavy atom. The molecule has 0 bridgehead atoms. The molecule has 1 N–H and O–H groups in total. The number of carboxylic acids is 1. The summed E-state index contributed by atoms with van der Waals surface area (Å²) in [6.07, 6.45) is 2.17. The largest absolute Gasteiger partial charge is 0.478 e. The molecule has 0 heterocycles. The number of hydrogen-bond donors (Lipinski definition) is 1. The van der Waals surface area contributed by atoms with E-state index in [2.05, 4.69) is 4.74 Å². The van der Waals surface area contributed by atoms with E-state index >= 15 is 0 Å². The van der Waals surface area contributed by atoms with Crippen molar-refractivity contribution < 1.29 is 28.2 Å². The van der Waals surface area contributed by atoms with E-state index < -0.39 is 18.3 Å². The van der Waals surface area contributed by atoms with Crippen molar-refractivity contribution in [2.75, 3.05) is 0 Å². The summed E-state index contributed by atoms with van der Waals surface area (Å²) in [5, 5.41) is 17.2. The van der Waals surface area contributed by atoms with Crippen LogP contribution in [0, 0.1) is 11.3 Å². The zero-order chi connectivity index (χ0) is 14.4. The molecule has 0 aromatic heterocycles. The van der Waals surface area contributed by atoms with Gasteiger partial charge in [-0.1, -0.05) is 0 Å². The van der Waals surface area contributed by atoms with Crippen LogP contribution in [0.15, 0.2) is 18.2 Å². The molecule has 0 atom stereocenters. The van der Waals surface area contributed by atoms with Crippen LogP contribution in [0.3, 0.4) is 0 Å². The lowest BCUT2D eigenvalue weighted by Gasteiger charge is -2.08. The van der Waals surface area contributed by atoms with Gasteiger partial charge < -0.3 is 9.84 Å². The summed E-state index contributed by atoms with van der Waals surface area (Å²) in [5.41, 5.74) is -0.183. The first-order valence-corrected chi connectivity index (χ1v) is 4.87. The Hall–Kier alpha value is -2.75. The van der Waals surface area contributed by atoms with E-state index in [-0.39, 0.29) is 16.7 Å². The Morgan fingerprint density at radius 3 is 2.58 bits per heavy atom. The molecule has 0 radical (unpaired) electrons. The molecule has 0 fully saturated rings. The van der Waals surface area contributed by atoms with Gasteiger partial charge in [0.2, 0.25) is 0 Å². The van der Waals surface area contributed by atoms with Crippen molar-refractivity contribution in [2.45, 2.75) is 6.61 Å². The van der Waals surface area contributed by atoms with Gasteiger partial charge in [0.1, 0.15) is 11.8 Å². The molecule has 7 heteroatoms. The summed E-state index contributed by atoms with van der Waals surface area (Å²) in [4.78, 5) is 21.2. The highest BCUT2D eigenvalue weighted by molar-refractivity contribution is 5.89. The average molecular weight is 267 g/mol. The van der Waals surface area contributed by atoms with Crippen LogP contribution < -0.4 is 4.74 Å². The lowest BCUT2D eigenvalue weighted by atomic mass is 10.0. The van der Waals surface area contributed by atoms with E-state index in [1.165, 1.54) is 0 Å². The fourth-order valence-electron chi connectivity index (χ4n) is 1.30. The van der Waals surface area contributed by atoms with Crippen molar-refractivity contribution in [2.24, 2.45) is 0 Å². The predicted molar refractivity (Wildman–Crippen MR) is 59.8 cm³/mol. The molecule has 0 aliphatic carbocycles. The summed E-state index contributed by atoms with van der Waals surface area (Å²) >= 11 is 0. The van der Waals surface area contributed by atoms with Crippen LogP contribution in [0.2, 0.25) is 0 Å². The first-order chi connectivity index (χ1) is 8.97. The third kappa shape index (κ3) is 3.89. The van der Waals surface area contributed by atoms with Gasteiger partial charge in [0.25, 0.3) is 0 Å². The van der Waals surface area contributed by atoms with E-state index in [0.717, 1.165) is 24.3 Å². The van der Waals surface area contributed by atoms with Gasteiger partial charge in [-0.15, -0.1) is 0 Å². The zero-order valence-corrected chi connectivity index (χ0v) is 9.34. The van der Waals surface area contributed by atoms with Gasteiger partial charge >= 0.3 is 12.6 Å². The number of hydrogen-bond acceptors (Lipinski definition) is 4. The monoisotopic (exact) mass is 267 g/mol. The minimum absolute atomic E-state index is 0.00401. The van der Waals surface area contributed by atoms with Crippen LogP contribution in [0.25, 0.3) is 6.08 Å². The third-order valence-electron chi connectivity index (χ3n) is 2.05. The lowest BCUT2D eigenvalue weighted by Crippen LogP contribution is -2.05. The molecule has 0 unspecified atom stereocenters. The van der Waals surface area contributed by atoms with Crippen LogP contribution in [0.1, 0.15) is 21.5 Å². The number of nitriles is 1. The lowest BCUT2D eigenvalue weighted by molar-refractivity contribution is -0.131. The molecule has 0 saturated carbocycles. The summed E-state index contributed by atoms with van der Waals surface area (Å²) < 4.78 is 28.4. The van der Waals surface area contributed by atoms with Crippen LogP contribution in [-0.4, -0.2) is 24.0 Å². The topological polar surface area (TPSA) is 87.4 Å². The molecular weight excluding hydrogens is 260 g/mol. The molecule has 0 amide bonds. The second kappa shape index (κ2) is 6.26. The molecule has 0 aliphatic heterocycles. The Balaban J connectivity index is 3.33. The molecule has 5 nitrogen and oxygen atoms in total. The number of ether oxygens (including phenoxy) is 1. The Labute approximate surface area is 106 Å². The number of alkyl halides is 2. The van der Waals surface area contributed by atoms with Gasteiger partial charge in [0.05, 0.1) is 5.56 Å². The maximum absolute atomic E-state index is 12.2. The zero-order valence-electron chi connectivity index (χ0n) is 9.34. The summed E-state index contributed by atoms with van der Waals surface area (Å²) in [5.74, 6) is -1.69. The molecule has 19 heavy (non-hydrogen) atoms. The van der Waals surface area contributed by atoms with Gasteiger partial charge in [0, 0.05) is 11.6 Å². The third-order valence-corrected chi connectivity index (χ3v) is 2.05. The molecule has 1 aromatic rings. The fourth-order valence-corrected chi connectivity index (χ4v) is 1.30. The number of rotatable bonds is 5. The SMILES string of the molecule is N#Cc1cc(C=O)c(/C=C/C(=O)O)cc1OC(F)F. The van der Waals surface area contributed by atoms with Crippen molar-refractivity contribution in [3.63, 3.8) is 0 Å². The summed E-state index contributed by atoms with van der Waals surface area (Å²) in [6, 6.07) is 3.67. The quantitative estimate of drug-likeness (QED) is 0.651. The van der Waals surface area contributed by atoms with Gasteiger partial charge in [-0.3, -0.25) is 4.79 Å². The molecule has 98 valence electrons. The minimum Gasteiger partial charge on any atom is -0.478 e. The number of nitrogens with zero attached hydrogens (tertiary/aromatic N) is 1. The highest BCUT2D eigenvalue weighted by atomic mass is 19.3. The number of aliphatic carboxylic acids is 1. The van der Waals surface area contributed by atoms with E-state index in [1.807, 2.05) is 0 Å². The Kier molecular flexibility index (Phi) is 4.71. The van der Waals surface area contributed by atoms with Gasteiger partial charge in [0.15, 0.2) is 6.29 Å². The van der Waals surface area contributed by atoms with Crippen LogP contribution in [0.5, 0.6) is 5.75 Å². The molecule has 0 spiro atoms. The number of carbonyl (C=O) groups is 2. The van der Waals surface area contributed by atoms with Crippen molar-refractivity contribution in [1.29, 1.82) is 5.26 Å². The standard InChI is InChI=1S/C12H7F2NO4/c13-12(14)19-10-4-7(1-2-11(17)18)9(6-16)3-8(10)5-15/h1-4,6,12H,(H,17,18)/b2-1+. The molecule has 0 saturated heterocycles. The van der Waals surface area contributed by atoms with Crippen molar-refractivity contribution in [3.05, 3.63) is 34.9 Å². The number of aldehydes is 1. The average Bonchev–Trinajstić information content (AvgIpc) is 2.35. The second-order valence-corrected chi connectivity index (χ2v) is 3.26. The maximum atomic E-state index is 12.2. The number of carboxylic acid groups (broad SMARTS) is 1. The van der Waals surface area contributed by atoms with Gasteiger partial charge in [-0.2, -0.15) is 14.0 Å². The van der Waals surface area contributed by atoms with E-state index in [9.17, 15) is 18.4 Å². The number of halogens is 2. The fraction of sp³-hybridized carbons (Fsp3) is 0.0833. The van der Waals surface area contributed by atoms with Gasteiger partial charge in [-0.05, 0) is 23.8 Å². The van der Waals surface area contributed by atoms with Crippen molar-refractivity contribution in [3.8, 4) is 11.8 Å². The Morgan fingerprint density at radius 1 is 1.42 bits per heavy atom. The highest BCUT2D eigenvalue weighted by Gasteiger charge is 2.13. The van der Waals surface area contributed by atoms with Crippen LogP contribution in [0.4, 0.5) is 8.78 Å². The predicted octanol–water partition coefficient (Wildman–Crippen LogP) is 2.07. The molecule has 1 aromatic carbocycles. The first kappa shape index (κ1) is 14.3. The number of carbonyl (C=O) groups excluding carboxylic acids is 1. The molecule has 1 rings (SSSR count). The van der Waals surface area contributed by atoms with Crippen molar-refractivity contribution >= 4 is 18.3 Å². The number of benzene rings is 1. The van der Waals surface area contributed by atoms with E-state index in [1.54, 1.807) is 6.07 Å².